The molecule has 0 radical (unpaired) electrons. The van der Waals surface area contributed by atoms with Crippen molar-refractivity contribution in [2.75, 3.05) is 33.2 Å². The summed E-state index contributed by atoms with van der Waals surface area (Å²) in [5, 5.41) is 0. The second kappa shape index (κ2) is 5.48. The smallest absolute Gasteiger partial charge is 0.117 e. The summed E-state index contributed by atoms with van der Waals surface area (Å²) < 4.78 is 5.36. The summed E-state index contributed by atoms with van der Waals surface area (Å²) >= 11 is 0. The van der Waals surface area contributed by atoms with Crippen LogP contribution in [0.5, 0.6) is 0 Å². The first-order valence-electron chi connectivity index (χ1n) is 5.94. The van der Waals surface area contributed by atoms with Crippen LogP contribution in [0.15, 0.2) is 22.8 Å². The molecule has 4 nitrogen and oxygen atoms in total. The van der Waals surface area contributed by atoms with Crippen molar-refractivity contribution < 1.29 is 4.42 Å². The van der Waals surface area contributed by atoms with E-state index in [4.69, 9.17) is 10.2 Å². The molecule has 1 aliphatic heterocycles. The summed E-state index contributed by atoms with van der Waals surface area (Å²) in [6, 6.07) is 4.64. The molecule has 0 saturated carbocycles. The van der Waals surface area contributed by atoms with Crippen molar-refractivity contribution in [3.63, 3.8) is 0 Å². The zero-order chi connectivity index (χ0) is 11.4. The van der Waals surface area contributed by atoms with Crippen LogP contribution in [0.2, 0.25) is 0 Å². The molecule has 1 aliphatic rings. The molecule has 1 aromatic heterocycles. The summed E-state index contributed by atoms with van der Waals surface area (Å²) in [5.74, 6) is 1.06. The third-order valence-electron chi connectivity index (χ3n) is 3.31. The average Bonchev–Trinajstić information content (AvgIpc) is 2.90. The predicted molar refractivity (Wildman–Crippen MR) is 64.1 cm³/mol. The Balaban J connectivity index is 1.79. The fourth-order valence-corrected chi connectivity index (χ4v) is 2.32. The van der Waals surface area contributed by atoms with Gasteiger partial charge in [-0.3, -0.25) is 4.90 Å². The SMILES string of the molecule is CN(CCN)C1CCN(Cc2ccco2)C1. The van der Waals surface area contributed by atoms with Crippen molar-refractivity contribution in [1.29, 1.82) is 0 Å². The van der Waals surface area contributed by atoms with Crippen LogP contribution in [0.25, 0.3) is 0 Å². The fraction of sp³-hybridized carbons (Fsp3) is 0.667. The molecule has 1 atom stereocenters. The van der Waals surface area contributed by atoms with E-state index in [0.29, 0.717) is 6.04 Å². The molecule has 1 fully saturated rings. The van der Waals surface area contributed by atoms with E-state index in [2.05, 4.69) is 16.8 Å². The minimum absolute atomic E-state index is 0.651. The minimum atomic E-state index is 0.651. The molecule has 0 spiro atoms. The highest BCUT2D eigenvalue weighted by Gasteiger charge is 2.25. The predicted octanol–water partition coefficient (Wildman–Crippen LogP) is 0.744. The van der Waals surface area contributed by atoms with Crippen molar-refractivity contribution >= 4 is 0 Å². The number of rotatable bonds is 5. The van der Waals surface area contributed by atoms with Crippen molar-refractivity contribution in [2.24, 2.45) is 5.73 Å². The Morgan fingerprint density at radius 2 is 2.50 bits per heavy atom. The van der Waals surface area contributed by atoms with Crippen LogP contribution >= 0.6 is 0 Å². The van der Waals surface area contributed by atoms with Crippen molar-refractivity contribution in [3.05, 3.63) is 24.2 Å². The molecule has 2 N–H and O–H groups in total. The molecule has 1 saturated heterocycles. The molecule has 90 valence electrons. The summed E-state index contributed by atoms with van der Waals surface area (Å²) in [6.07, 6.45) is 2.97. The van der Waals surface area contributed by atoms with Gasteiger partial charge in [0.25, 0.3) is 0 Å². The van der Waals surface area contributed by atoms with Gasteiger partial charge in [-0.1, -0.05) is 0 Å². The molecule has 1 unspecified atom stereocenters. The molecule has 2 heterocycles. The van der Waals surface area contributed by atoms with Gasteiger partial charge < -0.3 is 15.1 Å². The van der Waals surface area contributed by atoms with Crippen LogP contribution in [-0.2, 0) is 6.54 Å². The fourth-order valence-electron chi connectivity index (χ4n) is 2.32. The zero-order valence-corrected chi connectivity index (χ0v) is 9.93. The Morgan fingerprint density at radius 3 is 3.19 bits per heavy atom. The Hall–Kier alpha value is -0.840. The third-order valence-corrected chi connectivity index (χ3v) is 3.31. The molecule has 0 bridgehead atoms. The Labute approximate surface area is 97.0 Å². The zero-order valence-electron chi connectivity index (χ0n) is 9.93. The Kier molecular flexibility index (Phi) is 3.98. The molecule has 0 aliphatic carbocycles. The Bertz CT molecular complexity index is 299. The molecule has 0 aromatic carbocycles. The lowest BCUT2D eigenvalue weighted by atomic mass is 10.2. The van der Waals surface area contributed by atoms with Gasteiger partial charge in [0.1, 0.15) is 5.76 Å². The second-order valence-corrected chi connectivity index (χ2v) is 4.53. The van der Waals surface area contributed by atoms with Crippen molar-refractivity contribution in [3.8, 4) is 0 Å². The summed E-state index contributed by atoms with van der Waals surface area (Å²) in [5.41, 5.74) is 5.57. The Morgan fingerprint density at radius 1 is 1.62 bits per heavy atom. The standard InChI is InChI=1S/C12H21N3O/c1-14(7-5-13)11-4-6-15(9-11)10-12-3-2-8-16-12/h2-3,8,11H,4-7,9-10,13H2,1H3. The molecule has 4 heteroatoms. The van der Waals surface area contributed by atoms with Gasteiger partial charge in [-0.25, -0.2) is 0 Å². The van der Waals surface area contributed by atoms with E-state index >= 15 is 0 Å². The van der Waals surface area contributed by atoms with Gasteiger partial charge in [0.05, 0.1) is 12.8 Å². The number of nitrogens with zero attached hydrogens (tertiary/aromatic N) is 2. The minimum Gasteiger partial charge on any atom is -0.468 e. The van der Waals surface area contributed by atoms with E-state index in [-0.39, 0.29) is 0 Å². The highest BCUT2D eigenvalue weighted by molar-refractivity contribution is 4.99. The lowest BCUT2D eigenvalue weighted by Crippen LogP contribution is -2.37. The summed E-state index contributed by atoms with van der Waals surface area (Å²) in [4.78, 5) is 4.80. The van der Waals surface area contributed by atoms with Gasteiger partial charge in [0.2, 0.25) is 0 Å². The highest BCUT2D eigenvalue weighted by Crippen LogP contribution is 2.16. The van der Waals surface area contributed by atoms with Crippen LogP contribution in [0.4, 0.5) is 0 Å². The van der Waals surface area contributed by atoms with Gasteiger partial charge in [0.15, 0.2) is 0 Å². The van der Waals surface area contributed by atoms with E-state index in [1.54, 1.807) is 6.26 Å². The number of hydrogen-bond acceptors (Lipinski definition) is 4. The van der Waals surface area contributed by atoms with Crippen molar-refractivity contribution in [2.45, 2.75) is 19.0 Å². The molecule has 0 amide bonds. The third kappa shape index (κ3) is 2.84. The quantitative estimate of drug-likeness (QED) is 0.800. The van der Waals surface area contributed by atoms with E-state index in [9.17, 15) is 0 Å². The van der Waals surface area contributed by atoms with E-state index in [1.807, 2.05) is 12.1 Å². The monoisotopic (exact) mass is 223 g/mol. The van der Waals surface area contributed by atoms with Gasteiger partial charge in [0, 0.05) is 32.2 Å². The number of likely N-dealkylation sites (N-methyl/N-ethyl adjacent to an activating group) is 1. The maximum absolute atomic E-state index is 5.57. The first kappa shape index (κ1) is 11.6. The maximum Gasteiger partial charge on any atom is 0.117 e. The van der Waals surface area contributed by atoms with Crippen molar-refractivity contribution in [1.82, 2.24) is 9.80 Å². The van der Waals surface area contributed by atoms with Crippen LogP contribution in [0, 0.1) is 0 Å². The molecule has 16 heavy (non-hydrogen) atoms. The lowest BCUT2D eigenvalue weighted by Gasteiger charge is -2.23. The number of nitrogens with two attached hydrogens (primary N) is 1. The van der Waals surface area contributed by atoms with Gasteiger partial charge >= 0.3 is 0 Å². The van der Waals surface area contributed by atoms with Crippen LogP contribution < -0.4 is 5.73 Å². The van der Waals surface area contributed by atoms with Gasteiger partial charge in [-0.2, -0.15) is 0 Å². The highest BCUT2D eigenvalue weighted by atomic mass is 16.3. The van der Waals surface area contributed by atoms with Crippen LogP contribution in [0.1, 0.15) is 12.2 Å². The lowest BCUT2D eigenvalue weighted by molar-refractivity contribution is 0.227. The largest absolute Gasteiger partial charge is 0.468 e. The molecule has 1 aromatic rings. The second-order valence-electron chi connectivity index (χ2n) is 4.53. The van der Waals surface area contributed by atoms with E-state index < -0.39 is 0 Å². The average molecular weight is 223 g/mol. The molecular weight excluding hydrogens is 202 g/mol. The van der Waals surface area contributed by atoms with E-state index in [0.717, 1.165) is 38.5 Å². The van der Waals surface area contributed by atoms with Crippen LogP contribution in [0.3, 0.4) is 0 Å². The van der Waals surface area contributed by atoms with Crippen LogP contribution in [-0.4, -0.2) is 49.1 Å². The summed E-state index contributed by atoms with van der Waals surface area (Å²) in [7, 11) is 2.16. The number of furan rings is 1. The summed E-state index contributed by atoms with van der Waals surface area (Å²) in [6.45, 7) is 4.93. The maximum atomic E-state index is 5.57. The topological polar surface area (TPSA) is 45.6 Å². The number of likely N-dealkylation sites (tertiary alicyclic amines) is 1. The number of hydrogen-bond donors (Lipinski definition) is 1. The van der Waals surface area contributed by atoms with E-state index in [1.165, 1.54) is 6.42 Å². The van der Waals surface area contributed by atoms with Gasteiger partial charge in [-0.15, -0.1) is 0 Å². The normalized spacial score (nSPS) is 22.1. The first-order chi connectivity index (χ1) is 7.79. The first-order valence-corrected chi connectivity index (χ1v) is 5.94. The molecule has 2 rings (SSSR count). The molecular formula is C12H21N3O. The van der Waals surface area contributed by atoms with Gasteiger partial charge in [-0.05, 0) is 25.6 Å².